The molecule has 1 rings (SSSR count). The van der Waals surface area contributed by atoms with E-state index in [0.29, 0.717) is 0 Å². The molecular formula is C11H15NO9P3-3. The normalized spacial score (nSPS) is 14.7. The Hall–Kier alpha value is -0.500. The fourth-order valence-corrected chi connectivity index (χ4v) is 3.18. The zero-order chi connectivity index (χ0) is 17.8. The summed E-state index contributed by atoms with van der Waals surface area (Å²) in [6.45, 7) is -0.0857. The minimum Gasteiger partial charge on any atom is -0.786 e. The van der Waals surface area contributed by atoms with E-state index in [4.69, 9.17) is 4.74 Å². The fraction of sp³-hybridized carbons (Fsp3) is 0.364. The molecule has 0 aliphatic rings. The van der Waals surface area contributed by atoms with E-state index < -0.39 is 31.9 Å². The molecule has 0 aliphatic carbocycles. The highest BCUT2D eigenvalue weighted by Gasteiger charge is 2.05. The van der Waals surface area contributed by atoms with E-state index in [0.717, 1.165) is 12.7 Å². The number of hydrogen-bond donors (Lipinski definition) is 1. The lowest BCUT2D eigenvalue weighted by Gasteiger charge is -2.33. The van der Waals surface area contributed by atoms with E-state index >= 15 is 0 Å². The maximum absolute atomic E-state index is 11.4. The van der Waals surface area contributed by atoms with E-state index in [1.54, 1.807) is 12.1 Å². The summed E-state index contributed by atoms with van der Waals surface area (Å²) >= 11 is 0. The van der Waals surface area contributed by atoms with Crippen molar-refractivity contribution in [2.45, 2.75) is 6.61 Å². The van der Waals surface area contributed by atoms with Gasteiger partial charge in [0.15, 0.2) is 0 Å². The topological polar surface area (TPSA) is 144 Å². The smallest absolute Gasteiger partial charge is 0.407 e. The average molecular weight is 398 g/mol. The molecule has 3 unspecified atom stereocenters. The molecule has 1 amide bonds. The van der Waals surface area contributed by atoms with Crippen LogP contribution in [0, 0.1) is 0 Å². The van der Waals surface area contributed by atoms with E-state index in [1.807, 2.05) is 18.2 Å². The number of benzene rings is 1. The number of nitrogens with one attached hydrogen (secondary N) is 1. The van der Waals surface area contributed by atoms with Gasteiger partial charge in [0.25, 0.3) is 0 Å². The molecule has 0 bridgehead atoms. The number of rotatable bonds is 11. The maximum atomic E-state index is 11.4. The minimum atomic E-state index is -2.91. The van der Waals surface area contributed by atoms with Gasteiger partial charge in [-0.05, 0) is 5.56 Å². The van der Waals surface area contributed by atoms with Gasteiger partial charge < -0.3 is 42.4 Å². The molecule has 0 radical (unpaired) electrons. The first-order chi connectivity index (χ1) is 11.5. The van der Waals surface area contributed by atoms with Crippen LogP contribution >= 0.6 is 25.8 Å². The quantitative estimate of drug-likeness (QED) is 0.413. The van der Waals surface area contributed by atoms with Crippen molar-refractivity contribution in [2.24, 2.45) is 0 Å². The number of alkyl carbamates (subject to hydrolysis) is 1. The molecule has 0 saturated heterocycles. The van der Waals surface area contributed by atoms with Crippen LogP contribution in [0.2, 0.25) is 0 Å². The van der Waals surface area contributed by atoms with E-state index in [9.17, 15) is 19.5 Å². The average Bonchev–Trinajstić information content (AvgIpc) is 2.57. The molecule has 3 atom stereocenters. The Bertz CT molecular complexity index is 469. The number of carbonyl (C=O) groups excluding carboxylic acids is 1. The molecule has 0 heterocycles. The Morgan fingerprint density at radius 3 is 2.42 bits per heavy atom. The molecule has 0 aliphatic heterocycles. The predicted molar refractivity (Wildman–Crippen MR) is 80.5 cm³/mol. The monoisotopic (exact) mass is 398 g/mol. The minimum absolute atomic E-state index is 0.0119. The highest BCUT2D eigenvalue weighted by Crippen LogP contribution is 2.51. The summed E-state index contributed by atoms with van der Waals surface area (Å²) in [5.74, 6) is 0. The molecular weight excluding hydrogens is 383 g/mol. The summed E-state index contributed by atoms with van der Waals surface area (Å²) in [5, 5.41) is 2.36. The second-order valence-electron chi connectivity index (χ2n) is 3.84. The Morgan fingerprint density at radius 1 is 1.08 bits per heavy atom. The van der Waals surface area contributed by atoms with Crippen LogP contribution in [-0.2, 0) is 29.0 Å². The fourth-order valence-electron chi connectivity index (χ4n) is 1.23. The molecule has 0 spiro atoms. The van der Waals surface area contributed by atoms with E-state index in [-0.39, 0.29) is 19.8 Å². The lowest BCUT2D eigenvalue weighted by Crippen LogP contribution is -2.27. The molecule has 0 fully saturated rings. The van der Waals surface area contributed by atoms with Crippen molar-refractivity contribution >= 4 is 31.9 Å². The zero-order valence-electron chi connectivity index (χ0n) is 12.5. The highest BCUT2D eigenvalue weighted by molar-refractivity contribution is 7.58. The number of hydrogen-bond acceptors (Lipinski definition) is 9. The van der Waals surface area contributed by atoms with Crippen LogP contribution in [0.4, 0.5) is 4.79 Å². The van der Waals surface area contributed by atoms with Crippen molar-refractivity contribution in [3.63, 3.8) is 0 Å². The van der Waals surface area contributed by atoms with Gasteiger partial charge in [0, 0.05) is 13.7 Å². The number of ether oxygens (including phenoxy) is 1. The molecule has 1 aromatic rings. The van der Waals surface area contributed by atoms with Crippen LogP contribution in [0.5, 0.6) is 0 Å². The first kappa shape index (κ1) is 21.5. The molecule has 0 saturated carbocycles. The Morgan fingerprint density at radius 2 is 1.75 bits per heavy atom. The molecule has 13 heteroatoms. The SMILES string of the molecule is COP([O-])OP([O-])OP([O-])OCCNC(=O)OCc1ccccc1. The molecule has 24 heavy (non-hydrogen) atoms. The standard InChI is InChI=1S/C11H15NO9P3/c1-17-22(14)20-24(16)21-23(15)19-8-7-12-11(13)18-9-10-5-3-2-4-6-10/h2-6H,7-9H2,1H3,(H,12,13)/q-3. The zero-order valence-corrected chi connectivity index (χ0v) is 15.2. The van der Waals surface area contributed by atoms with Crippen molar-refractivity contribution in [1.29, 1.82) is 0 Å². The van der Waals surface area contributed by atoms with Crippen molar-refractivity contribution < 1.29 is 41.9 Å². The lowest BCUT2D eigenvalue weighted by atomic mass is 10.2. The molecule has 136 valence electrons. The molecule has 1 aromatic carbocycles. The van der Waals surface area contributed by atoms with Crippen LogP contribution in [0.15, 0.2) is 30.3 Å². The largest absolute Gasteiger partial charge is 0.786 e. The third-order valence-corrected chi connectivity index (χ3v) is 5.02. The first-order valence-corrected chi connectivity index (χ1v) is 9.69. The second-order valence-corrected chi connectivity index (χ2v) is 7.11. The van der Waals surface area contributed by atoms with Gasteiger partial charge in [-0.3, -0.25) is 0 Å². The van der Waals surface area contributed by atoms with Gasteiger partial charge >= 0.3 is 6.09 Å². The van der Waals surface area contributed by atoms with Crippen LogP contribution in [0.1, 0.15) is 5.56 Å². The maximum Gasteiger partial charge on any atom is 0.407 e. The summed E-state index contributed by atoms with van der Waals surface area (Å²) in [6.07, 6.45) is -0.676. The van der Waals surface area contributed by atoms with Gasteiger partial charge in [0.1, 0.15) is 6.61 Å². The van der Waals surface area contributed by atoms with Gasteiger partial charge in [0.2, 0.25) is 0 Å². The van der Waals surface area contributed by atoms with Crippen molar-refractivity contribution in [1.82, 2.24) is 5.32 Å². The summed E-state index contributed by atoms with van der Waals surface area (Å²) in [4.78, 5) is 44.4. The van der Waals surface area contributed by atoms with E-state index in [2.05, 4.69) is 23.0 Å². The van der Waals surface area contributed by atoms with Crippen molar-refractivity contribution in [3.05, 3.63) is 35.9 Å². The Labute approximate surface area is 142 Å². The molecule has 1 N–H and O–H groups in total. The summed E-state index contributed by atoms with van der Waals surface area (Å²) < 4.78 is 22.3. The Balaban J connectivity index is 2.06. The Kier molecular flexibility index (Phi) is 11.5. The van der Waals surface area contributed by atoms with Crippen molar-refractivity contribution in [2.75, 3.05) is 20.3 Å². The third kappa shape index (κ3) is 10.4. The third-order valence-electron chi connectivity index (χ3n) is 2.20. The number of amides is 1. The molecule has 0 aromatic heterocycles. The predicted octanol–water partition coefficient (Wildman–Crippen LogP) is 0.371. The van der Waals surface area contributed by atoms with Gasteiger partial charge in [0.05, 0.1) is 32.4 Å². The number of carbonyl (C=O) groups is 1. The lowest BCUT2D eigenvalue weighted by molar-refractivity contribution is -0.225. The van der Waals surface area contributed by atoms with Gasteiger partial charge in [-0.25, -0.2) is 4.79 Å². The first-order valence-electron chi connectivity index (χ1n) is 6.40. The van der Waals surface area contributed by atoms with Gasteiger partial charge in [-0.15, -0.1) is 0 Å². The summed E-state index contributed by atoms with van der Waals surface area (Å²) in [6, 6.07) is 9.09. The highest BCUT2D eigenvalue weighted by atomic mass is 31.3. The van der Waals surface area contributed by atoms with Gasteiger partial charge in [-0.2, -0.15) is 0 Å². The van der Waals surface area contributed by atoms with Crippen LogP contribution in [-0.4, -0.2) is 26.4 Å². The van der Waals surface area contributed by atoms with Crippen molar-refractivity contribution in [3.8, 4) is 0 Å². The van der Waals surface area contributed by atoms with Gasteiger partial charge in [-0.1, -0.05) is 30.3 Å². The summed E-state index contributed by atoms with van der Waals surface area (Å²) in [5.41, 5.74) is 0.832. The van der Waals surface area contributed by atoms with Crippen LogP contribution in [0.3, 0.4) is 0 Å². The summed E-state index contributed by atoms with van der Waals surface area (Å²) in [7, 11) is -7.22. The van der Waals surface area contributed by atoms with Crippen LogP contribution < -0.4 is 20.0 Å². The second kappa shape index (κ2) is 12.8. The van der Waals surface area contributed by atoms with E-state index in [1.165, 1.54) is 0 Å². The molecule has 10 nitrogen and oxygen atoms in total. The van der Waals surface area contributed by atoms with Crippen LogP contribution in [0.25, 0.3) is 0 Å².